The van der Waals surface area contributed by atoms with Gasteiger partial charge in [-0.05, 0) is 41.0 Å². The van der Waals surface area contributed by atoms with Gasteiger partial charge in [-0.15, -0.1) is 0 Å². The topological polar surface area (TPSA) is 38.8 Å². The first-order valence-electron chi connectivity index (χ1n) is 10.1. The lowest BCUT2D eigenvalue weighted by molar-refractivity contribution is -0.139. The van der Waals surface area contributed by atoms with Gasteiger partial charge in [-0.1, -0.05) is 54.6 Å². The maximum atomic E-state index is 13.9. The molecule has 31 heavy (non-hydrogen) atoms. The maximum absolute atomic E-state index is 13.9. The molecule has 0 radical (unpaired) electrons. The van der Waals surface area contributed by atoms with Gasteiger partial charge in [0.2, 0.25) is 5.91 Å². The minimum Gasteiger partial charge on any atom is -0.353 e. The van der Waals surface area contributed by atoms with Crippen molar-refractivity contribution in [3.8, 4) is 0 Å². The molecule has 1 saturated heterocycles. The standard InChI is InChI=1S/C25H23F2NO3/c26-21-11-9-18(10-12-21)23(20-7-4-8-22(27)13-20)14-25(29)28-16-31-17-30-15-24(28)19-5-2-1-3-6-19/h1-13,23-24H,14-17H2/t23-,24-/m1/s1. The summed E-state index contributed by atoms with van der Waals surface area (Å²) in [5.41, 5.74) is 2.34. The molecule has 160 valence electrons. The van der Waals surface area contributed by atoms with Crippen LogP contribution in [0.2, 0.25) is 0 Å². The number of ether oxygens (including phenoxy) is 2. The van der Waals surface area contributed by atoms with Crippen LogP contribution in [0, 0.1) is 11.6 Å². The second kappa shape index (κ2) is 9.81. The minimum atomic E-state index is -0.426. The summed E-state index contributed by atoms with van der Waals surface area (Å²) < 4.78 is 38.5. The summed E-state index contributed by atoms with van der Waals surface area (Å²) in [6.07, 6.45) is 0.0851. The molecule has 1 aliphatic rings. The Labute approximate surface area is 180 Å². The smallest absolute Gasteiger partial charge is 0.225 e. The van der Waals surface area contributed by atoms with Crippen LogP contribution in [0.1, 0.15) is 35.1 Å². The Morgan fingerprint density at radius 1 is 0.903 bits per heavy atom. The van der Waals surface area contributed by atoms with Gasteiger partial charge in [-0.2, -0.15) is 0 Å². The molecular formula is C25H23F2NO3. The molecule has 0 bridgehead atoms. The number of halogens is 2. The van der Waals surface area contributed by atoms with Gasteiger partial charge >= 0.3 is 0 Å². The van der Waals surface area contributed by atoms with Gasteiger partial charge < -0.3 is 14.4 Å². The lowest BCUT2D eigenvalue weighted by atomic mass is 9.87. The molecule has 0 N–H and O–H groups in total. The van der Waals surface area contributed by atoms with E-state index in [2.05, 4.69) is 0 Å². The number of rotatable bonds is 5. The van der Waals surface area contributed by atoms with Gasteiger partial charge in [0.05, 0.1) is 12.6 Å². The highest BCUT2D eigenvalue weighted by Gasteiger charge is 2.30. The third-order valence-corrected chi connectivity index (χ3v) is 5.46. The van der Waals surface area contributed by atoms with Gasteiger partial charge in [0.25, 0.3) is 0 Å². The predicted octanol–water partition coefficient (Wildman–Crippen LogP) is 5.02. The average Bonchev–Trinajstić information content (AvgIpc) is 3.05. The van der Waals surface area contributed by atoms with E-state index in [1.54, 1.807) is 29.2 Å². The number of hydrogen-bond acceptors (Lipinski definition) is 3. The van der Waals surface area contributed by atoms with Crippen molar-refractivity contribution in [1.29, 1.82) is 0 Å². The number of hydrogen-bond donors (Lipinski definition) is 0. The normalized spacial score (nSPS) is 17.7. The van der Waals surface area contributed by atoms with Crippen molar-refractivity contribution >= 4 is 5.91 Å². The van der Waals surface area contributed by atoms with Crippen molar-refractivity contribution in [2.45, 2.75) is 18.4 Å². The Morgan fingerprint density at radius 3 is 2.42 bits per heavy atom. The summed E-state index contributed by atoms with van der Waals surface area (Å²) in [7, 11) is 0. The largest absolute Gasteiger partial charge is 0.353 e. The van der Waals surface area contributed by atoms with E-state index in [4.69, 9.17) is 9.47 Å². The number of nitrogens with zero attached hydrogens (tertiary/aromatic N) is 1. The quantitative estimate of drug-likeness (QED) is 0.579. The molecule has 4 rings (SSSR count). The SMILES string of the molecule is O=C(C[C@H](c1ccc(F)cc1)c1cccc(F)c1)N1COCOC[C@@H]1c1ccccc1. The van der Waals surface area contributed by atoms with Crippen LogP contribution in [-0.2, 0) is 14.3 Å². The van der Waals surface area contributed by atoms with Crippen LogP contribution in [0.3, 0.4) is 0 Å². The molecule has 4 nitrogen and oxygen atoms in total. The van der Waals surface area contributed by atoms with Crippen molar-refractivity contribution in [2.24, 2.45) is 0 Å². The number of amides is 1. The predicted molar refractivity (Wildman–Crippen MR) is 112 cm³/mol. The van der Waals surface area contributed by atoms with Gasteiger partial charge in [0.15, 0.2) is 0 Å². The van der Waals surface area contributed by atoms with Gasteiger partial charge in [0.1, 0.15) is 25.2 Å². The molecule has 0 unspecified atom stereocenters. The van der Waals surface area contributed by atoms with Crippen molar-refractivity contribution in [3.05, 3.63) is 107 Å². The van der Waals surface area contributed by atoms with Crippen LogP contribution in [0.5, 0.6) is 0 Å². The molecule has 0 aliphatic carbocycles. The Hall–Kier alpha value is -3.09. The molecule has 0 aromatic heterocycles. The summed E-state index contributed by atoms with van der Waals surface area (Å²) >= 11 is 0. The summed E-state index contributed by atoms with van der Waals surface area (Å²) in [6, 6.07) is 21.5. The zero-order valence-corrected chi connectivity index (χ0v) is 16.9. The fourth-order valence-electron chi connectivity index (χ4n) is 3.87. The van der Waals surface area contributed by atoms with E-state index in [1.165, 1.54) is 24.3 Å². The van der Waals surface area contributed by atoms with Crippen LogP contribution in [0.4, 0.5) is 8.78 Å². The molecule has 0 saturated carbocycles. The van der Waals surface area contributed by atoms with Crippen molar-refractivity contribution in [3.63, 3.8) is 0 Å². The first-order valence-corrected chi connectivity index (χ1v) is 10.1. The Bertz CT molecular complexity index is 1010. The monoisotopic (exact) mass is 423 g/mol. The number of carbonyl (C=O) groups excluding carboxylic acids is 1. The molecule has 3 aromatic rings. The highest BCUT2D eigenvalue weighted by atomic mass is 19.1. The van der Waals surface area contributed by atoms with E-state index in [0.29, 0.717) is 12.2 Å². The number of benzene rings is 3. The molecule has 6 heteroatoms. The van der Waals surface area contributed by atoms with E-state index in [9.17, 15) is 13.6 Å². The lowest BCUT2D eigenvalue weighted by Crippen LogP contribution is -2.37. The van der Waals surface area contributed by atoms with Crippen molar-refractivity contribution in [1.82, 2.24) is 4.90 Å². The van der Waals surface area contributed by atoms with Crippen LogP contribution in [0.25, 0.3) is 0 Å². The zero-order chi connectivity index (χ0) is 21.6. The highest BCUT2D eigenvalue weighted by molar-refractivity contribution is 5.78. The van der Waals surface area contributed by atoms with E-state index >= 15 is 0 Å². The van der Waals surface area contributed by atoms with Crippen LogP contribution in [-0.4, -0.2) is 30.9 Å². The van der Waals surface area contributed by atoms with Gasteiger partial charge in [0, 0.05) is 12.3 Å². The molecule has 1 aliphatic heterocycles. The summed E-state index contributed by atoms with van der Waals surface area (Å²) in [5.74, 6) is -1.33. The first kappa shape index (κ1) is 21.2. The molecule has 3 aromatic carbocycles. The fraction of sp³-hybridized carbons (Fsp3) is 0.240. The molecule has 2 atom stereocenters. The van der Waals surface area contributed by atoms with Gasteiger partial charge in [-0.25, -0.2) is 8.78 Å². The third kappa shape index (κ3) is 5.16. The molecule has 1 heterocycles. The Morgan fingerprint density at radius 2 is 1.68 bits per heavy atom. The molecule has 1 amide bonds. The van der Waals surface area contributed by atoms with Crippen LogP contribution in [0.15, 0.2) is 78.9 Å². The van der Waals surface area contributed by atoms with E-state index < -0.39 is 5.92 Å². The second-order valence-corrected chi connectivity index (χ2v) is 7.48. The lowest BCUT2D eigenvalue weighted by Gasteiger charge is -2.30. The Balaban J connectivity index is 1.64. The van der Waals surface area contributed by atoms with E-state index in [0.717, 1.165) is 11.1 Å². The molecule has 0 spiro atoms. The van der Waals surface area contributed by atoms with Crippen LogP contribution < -0.4 is 0 Å². The van der Waals surface area contributed by atoms with Gasteiger partial charge in [-0.3, -0.25) is 4.79 Å². The molecular weight excluding hydrogens is 400 g/mol. The number of carbonyl (C=O) groups is 1. The summed E-state index contributed by atoms with van der Waals surface area (Å²) in [5, 5.41) is 0. The van der Waals surface area contributed by atoms with Crippen molar-refractivity contribution in [2.75, 3.05) is 20.1 Å². The highest BCUT2D eigenvalue weighted by Crippen LogP contribution is 2.32. The summed E-state index contributed by atoms with van der Waals surface area (Å²) in [6.45, 7) is 0.521. The van der Waals surface area contributed by atoms with E-state index in [1.807, 2.05) is 30.3 Å². The first-order chi connectivity index (χ1) is 15.1. The van der Waals surface area contributed by atoms with E-state index in [-0.39, 0.29) is 43.5 Å². The Kier molecular flexibility index (Phi) is 6.70. The summed E-state index contributed by atoms with van der Waals surface area (Å²) in [4.78, 5) is 15.1. The zero-order valence-electron chi connectivity index (χ0n) is 16.9. The maximum Gasteiger partial charge on any atom is 0.225 e. The molecule has 1 fully saturated rings. The third-order valence-electron chi connectivity index (χ3n) is 5.46. The minimum absolute atomic E-state index is 0.0851. The average molecular weight is 423 g/mol. The van der Waals surface area contributed by atoms with Crippen LogP contribution >= 0.6 is 0 Å². The second-order valence-electron chi connectivity index (χ2n) is 7.48. The fourth-order valence-corrected chi connectivity index (χ4v) is 3.87. The van der Waals surface area contributed by atoms with Crippen molar-refractivity contribution < 1.29 is 23.0 Å².